The van der Waals surface area contributed by atoms with E-state index < -0.39 is 6.04 Å². The predicted octanol–water partition coefficient (Wildman–Crippen LogP) is 5.47. The first-order valence-electron chi connectivity index (χ1n) is 5.67. The fourth-order valence-corrected chi connectivity index (χ4v) is 3.50. The molecular weight excluding hydrogens is 384 g/mol. The zero-order valence-electron chi connectivity index (χ0n) is 10.5. The van der Waals surface area contributed by atoms with Crippen LogP contribution in [0.3, 0.4) is 0 Å². The zero-order valence-corrected chi connectivity index (χ0v) is 14.3. The van der Waals surface area contributed by atoms with Crippen molar-refractivity contribution in [2.75, 3.05) is 7.11 Å². The van der Waals surface area contributed by atoms with Crippen molar-refractivity contribution in [3.63, 3.8) is 0 Å². The Hall–Kier alpha value is -0.450. The number of rotatable bonds is 3. The molecule has 6 heteroatoms. The molecule has 0 bridgehead atoms. The molecule has 20 heavy (non-hydrogen) atoms. The maximum absolute atomic E-state index is 6.29. The smallest absolute Gasteiger partial charge is 0.138 e. The monoisotopic (exact) mass is 393 g/mol. The number of halogens is 4. The van der Waals surface area contributed by atoms with Gasteiger partial charge in [-0.05, 0) is 51.8 Å². The molecule has 0 saturated carbocycles. The highest BCUT2D eigenvalue weighted by Gasteiger charge is 2.18. The lowest BCUT2D eigenvalue weighted by Gasteiger charge is -2.18. The van der Waals surface area contributed by atoms with Crippen molar-refractivity contribution >= 4 is 50.7 Å². The van der Waals surface area contributed by atoms with Gasteiger partial charge in [0.2, 0.25) is 0 Å². The molecule has 2 aromatic carbocycles. The fourth-order valence-electron chi connectivity index (χ4n) is 1.96. The highest BCUT2D eigenvalue weighted by Crippen LogP contribution is 2.38. The van der Waals surface area contributed by atoms with E-state index >= 15 is 0 Å². The number of hydrogen-bond acceptors (Lipinski definition) is 2. The molecular formula is C14H11BrCl3NO. The van der Waals surface area contributed by atoms with Crippen LogP contribution in [0.25, 0.3) is 0 Å². The average Bonchev–Trinajstić information content (AvgIpc) is 2.35. The number of ether oxygens (including phenoxy) is 1. The summed E-state index contributed by atoms with van der Waals surface area (Å²) in [7, 11) is 1.58. The number of benzene rings is 2. The summed E-state index contributed by atoms with van der Waals surface area (Å²) in [6.45, 7) is 0. The van der Waals surface area contributed by atoms with Crippen LogP contribution >= 0.6 is 50.7 Å². The van der Waals surface area contributed by atoms with Crippen molar-refractivity contribution < 1.29 is 4.74 Å². The Labute approximate surface area is 140 Å². The van der Waals surface area contributed by atoms with Gasteiger partial charge in [-0.15, -0.1) is 0 Å². The second-order valence-corrected chi connectivity index (χ2v) is 6.35. The number of hydrogen-bond donors (Lipinski definition) is 1. The topological polar surface area (TPSA) is 35.2 Å². The van der Waals surface area contributed by atoms with E-state index in [2.05, 4.69) is 15.9 Å². The summed E-state index contributed by atoms with van der Waals surface area (Å²) in [5.41, 5.74) is 7.83. The highest BCUT2D eigenvalue weighted by atomic mass is 79.9. The average molecular weight is 396 g/mol. The largest absolute Gasteiger partial charge is 0.495 e. The first kappa shape index (κ1) is 15.9. The van der Waals surface area contributed by atoms with Crippen LogP contribution in [0.4, 0.5) is 0 Å². The van der Waals surface area contributed by atoms with Gasteiger partial charge in [0.25, 0.3) is 0 Å². The van der Waals surface area contributed by atoms with Crippen molar-refractivity contribution in [1.82, 2.24) is 0 Å². The van der Waals surface area contributed by atoms with Crippen LogP contribution in [0.15, 0.2) is 34.8 Å². The summed E-state index contributed by atoms with van der Waals surface area (Å²) < 4.78 is 6.12. The SMILES string of the molecule is COc1c(Br)cc(Cl)cc1C(N)c1cc(Cl)cc(Cl)c1. The summed E-state index contributed by atoms with van der Waals surface area (Å²) in [5, 5.41) is 1.63. The van der Waals surface area contributed by atoms with Gasteiger partial charge in [-0.3, -0.25) is 0 Å². The van der Waals surface area contributed by atoms with Gasteiger partial charge in [-0.25, -0.2) is 0 Å². The first-order valence-corrected chi connectivity index (χ1v) is 7.59. The maximum atomic E-state index is 6.29. The zero-order chi connectivity index (χ0) is 14.9. The van der Waals surface area contributed by atoms with Crippen molar-refractivity contribution in [2.24, 2.45) is 5.73 Å². The maximum Gasteiger partial charge on any atom is 0.138 e. The molecule has 1 unspecified atom stereocenters. The summed E-state index contributed by atoms with van der Waals surface area (Å²) in [6.07, 6.45) is 0. The summed E-state index contributed by atoms with van der Waals surface area (Å²) in [5.74, 6) is 0.637. The fraction of sp³-hybridized carbons (Fsp3) is 0.143. The van der Waals surface area contributed by atoms with Gasteiger partial charge in [0, 0.05) is 20.6 Å². The van der Waals surface area contributed by atoms with Gasteiger partial charge in [-0.2, -0.15) is 0 Å². The molecule has 0 aliphatic heterocycles. The molecule has 2 rings (SSSR count). The molecule has 1 atom stereocenters. The van der Waals surface area contributed by atoms with Crippen molar-refractivity contribution in [1.29, 1.82) is 0 Å². The third kappa shape index (κ3) is 3.41. The van der Waals surface area contributed by atoms with E-state index in [0.717, 1.165) is 15.6 Å². The van der Waals surface area contributed by atoms with Crippen molar-refractivity contribution in [2.45, 2.75) is 6.04 Å². The normalized spacial score (nSPS) is 12.3. The van der Waals surface area contributed by atoms with Crippen LogP contribution in [-0.2, 0) is 0 Å². The van der Waals surface area contributed by atoms with Crippen LogP contribution in [0.2, 0.25) is 15.1 Å². The number of nitrogens with two attached hydrogens (primary N) is 1. The minimum atomic E-state index is -0.448. The van der Waals surface area contributed by atoms with Crippen LogP contribution in [0.5, 0.6) is 5.75 Å². The third-order valence-corrected chi connectivity index (χ3v) is 4.06. The molecule has 0 saturated heterocycles. The molecule has 0 heterocycles. The van der Waals surface area contributed by atoms with Gasteiger partial charge in [0.1, 0.15) is 5.75 Å². The molecule has 2 nitrogen and oxygen atoms in total. The standard InChI is InChI=1S/C14H11BrCl3NO/c1-20-14-11(5-10(18)6-12(14)15)13(19)7-2-8(16)4-9(17)3-7/h2-6,13H,19H2,1H3. The molecule has 0 aliphatic rings. The van der Waals surface area contributed by atoms with Crippen LogP contribution in [0, 0.1) is 0 Å². The molecule has 0 aromatic heterocycles. The predicted molar refractivity (Wildman–Crippen MR) is 88.2 cm³/mol. The lowest BCUT2D eigenvalue weighted by molar-refractivity contribution is 0.405. The molecule has 0 aliphatic carbocycles. The van der Waals surface area contributed by atoms with E-state index in [9.17, 15) is 0 Å². The van der Waals surface area contributed by atoms with Crippen LogP contribution in [-0.4, -0.2) is 7.11 Å². The summed E-state index contributed by atoms with van der Waals surface area (Å²) in [4.78, 5) is 0. The van der Waals surface area contributed by atoms with Gasteiger partial charge in [-0.1, -0.05) is 34.8 Å². The lowest BCUT2D eigenvalue weighted by atomic mass is 9.99. The van der Waals surface area contributed by atoms with Crippen molar-refractivity contribution in [3.05, 3.63) is 61.0 Å². The molecule has 0 fully saturated rings. The van der Waals surface area contributed by atoms with Crippen molar-refractivity contribution in [3.8, 4) is 5.75 Å². The quantitative estimate of drug-likeness (QED) is 0.748. The minimum absolute atomic E-state index is 0.448. The Balaban J connectivity index is 2.55. The van der Waals surface area contributed by atoms with Gasteiger partial charge < -0.3 is 10.5 Å². The second kappa shape index (κ2) is 6.54. The van der Waals surface area contributed by atoms with E-state index in [-0.39, 0.29) is 0 Å². The minimum Gasteiger partial charge on any atom is -0.495 e. The second-order valence-electron chi connectivity index (χ2n) is 4.19. The molecule has 0 radical (unpaired) electrons. The Morgan fingerprint density at radius 1 is 1.00 bits per heavy atom. The Morgan fingerprint density at radius 2 is 1.55 bits per heavy atom. The lowest BCUT2D eigenvalue weighted by Crippen LogP contribution is -2.13. The first-order chi connectivity index (χ1) is 9.42. The van der Waals surface area contributed by atoms with Gasteiger partial charge >= 0.3 is 0 Å². The molecule has 2 N–H and O–H groups in total. The van der Waals surface area contributed by atoms with E-state index in [1.807, 2.05) is 0 Å². The summed E-state index contributed by atoms with van der Waals surface area (Å²) >= 11 is 21.5. The van der Waals surface area contributed by atoms with E-state index in [4.69, 9.17) is 45.3 Å². The Kier molecular flexibility index (Phi) is 5.21. The molecule has 2 aromatic rings. The van der Waals surface area contributed by atoms with E-state index in [0.29, 0.717) is 20.8 Å². The Morgan fingerprint density at radius 3 is 2.10 bits per heavy atom. The summed E-state index contributed by atoms with van der Waals surface area (Å²) in [6, 6.07) is 8.27. The molecule has 0 amide bonds. The molecule has 0 spiro atoms. The van der Waals surface area contributed by atoms with E-state index in [1.54, 1.807) is 37.4 Å². The third-order valence-electron chi connectivity index (χ3n) is 2.82. The van der Waals surface area contributed by atoms with Gasteiger partial charge in [0.15, 0.2) is 0 Å². The van der Waals surface area contributed by atoms with Crippen LogP contribution < -0.4 is 10.5 Å². The van der Waals surface area contributed by atoms with Gasteiger partial charge in [0.05, 0.1) is 17.6 Å². The highest BCUT2D eigenvalue weighted by molar-refractivity contribution is 9.10. The van der Waals surface area contributed by atoms with Crippen LogP contribution in [0.1, 0.15) is 17.2 Å². The Bertz CT molecular complexity index is 628. The number of methoxy groups -OCH3 is 1. The molecule has 106 valence electrons. The van der Waals surface area contributed by atoms with E-state index in [1.165, 1.54) is 0 Å².